The molecule has 2 fully saturated rings. The van der Waals surface area contributed by atoms with E-state index in [4.69, 9.17) is 27.9 Å². The molecule has 5 heteroatoms. The van der Waals surface area contributed by atoms with Gasteiger partial charge in [0, 0.05) is 12.5 Å². The van der Waals surface area contributed by atoms with E-state index in [1.54, 1.807) is 6.07 Å². The molecule has 1 N–H and O–H groups in total. The van der Waals surface area contributed by atoms with Crippen molar-refractivity contribution in [3.63, 3.8) is 0 Å². The maximum Gasteiger partial charge on any atom is 0.164 e. The normalized spacial score (nSPS) is 24.5. The van der Waals surface area contributed by atoms with E-state index in [1.165, 1.54) is 18.9 Å². The van der Waals surface area contributed by atoms with Crippen molar-refractivity contribution in [2.45, 2.75) is 25.4 Å². The Hall–Kier alpha value is -0.510. The van der Waals surface area contributed by atoms with Gasteiger partial charge in [-0.2, -0.15) is 0 Å². The Morgan fingerprint density at radius 3 is 2.63 bits per heavy atom. The molecule has 1 aromatic rings. The molecule has 0 bridgehead atoms. The van der Waals surface area contributed by atoms with Gasteiger partial charge in [-0.15, -0.1) is 0 Å². The second kappa shape index (κ2) is 5.47. The van der Waals surface area contributed by atoms with Crippen molar-refractivity contribution in [3.05, 3.63) is 28.0 Å². The highest BCUT2D eigenvalue weighted by Gasteiger charge is 2.39. The number of halogens is 3. The fraction of sp³-hybridized carbons (Fsp3) is 0.571. The Morgan fingerprint density at radius 2 is 2.00 bits per heavy atom. The third kappa shape index (κ3) is 2.83. The van der Waals surface area contributed by atoms with Crippen LogP contribution in [0, 0.1) is 17.7 Å². The molecule has 104 valence electrons. The minimum absolute atomic E-state index is 0.0101. The van der Waals surface area contributed by atoms with E-state index >= 15 is 0 Å². The highest BCUT2D eigenvalue weighted by atomic mass is 35.5. The number of benzene rings is 1. The van der Waals surface area contributed by atoms with Gasteiger partial charge in [-0.3, -0.25) is 0 Å². The van der Waals surface area contributed by atoms with Gasteiger partial charge in [0.1, 0.15) is 16.9 Å². The largest absolute Gasteiger partial charge is 0.488 e. The lowest BCUT2D eigenvalue weighted by Gasteiger charge is -2.25. The monoisotopic (exact) mass is 303 g/mol. The molecular formula is C14H16Cl2FNO. The average molecular weight is 304 g/mol. The summed E-state index contributed by atoms with van der Waals surface area (Å²) in [7, 11) is 0. The third-order valence-corrected chi connectivity index (χ3v) is 4.56. The van der Waals surface area contributed by atoms with Crippen molar-refractivity contribution in [1.29, 1.82) is 0 Å². The van der Waals surface area contributed by atoms with Gasteiger partial charge in [-0.1, -0.05) is 23.2 Å². The van der Waals surface area contributed by atoms with Crippen LogP contribution >= 0.6 is 23.2 Å². The van der Waals surface area contributed by atoms with E-state index in [1.807, 2.05) is 0 Å². The Balaban J connectivity index is 1.80. The summed E-state index contributed by atoms with van der Waals surface area (Å²) in [5, 5.41) is 3.37. The van der Waals surface area contributed by atoms with Crippen LogP contribution in [0.25, 0.3) is 0 Å². The standard InChI is InChI=1S/C14H16Cl2FNO/c15-10-3-4-11(12(16)13(10)17)19-14(8-1-2-8)9-5-6-18-7-9/h3-4,8-9,14,18H,1-2,5-7H2/t9-,14-/m0/s1. The van der Waals surface area contributed by atoms with E-state index < -0.39 is 5.82 Å². The maximum absolute atomic E-state index is 13.7. The lowest BCUT2D eigenvalue weighted by Crippen LogP contribution is -2.31. The zero-order chi connectivity index (χ0) is 13.4. The fourth-order valence-corrected chi connectivity index (χ4v) is 3.12. The van der Waals surface area contributed by atoms with E-state index in [9.17, 15) is 4.39 Å². The quantitative estimate of drug-likeness (QED) is 0.852. The number of nitrogens with one attached hydrogen (secondary N) is 1. The molecule has 1 heterocycles. The van der Waals surface area contributed by atoms with Gasteiger partial charge in [0.25, 0.3) is 0 Å². The predicted molar refractivity (Wildman–Crippen MR) is 74.5 cm³/mol. The van der Waals surface area contributed by atoms with E-state index in [0.717, 1.165) is 19.5 Å². The molecule has 3 rings (SSSR count). The zero-order valence-electron chi connectivity index (χ0n) is 10.5. The van der Waals surface area contributed by atoms with Crippen molar-refractivity contribution in [2.75, 3.05) is 13.1 Å². The molecule has 0 unspecified atom stereocenters. The van der Waals surface area contributed by atoms with Crippen molar-refractivity contribution in [2.24, 2.45) is 11.8 Å². The second-order valence-corrected chi connectivity index (χ2v) is 6.13. The molecular weight excluding hydrogens is 288 g/mol. The maximum atomic E-state index is 13.7. The molecule has 2 atom stereocenters. The molecule has 0 aromatic heterocycles. The molecule has 1 aliphatic heterocycles. The number of rotatable bonds is 4. The van der Waals surface area contributed by atoms with E-state index in [0.29, 0.717) is 17.6 Å². The van der Waals surface area contributed by atoms with Gasteiger partial charge < -0.3 is 10.1 Å². The van der Waals surface area contributed by atoms with Crippen LogP contribution in [0.2, 0.25) is 10.0 Å². The van der Waals surface area contributed by atoms with Gasteiger partial charge in [-0.25, -0.2) is 4.39 Å². The Morgan fingerprint density at radius 1 is 1.21 bits per heavy atom. The minimum Gasteiger partial charge on any atom is -0.488 e. The predicted octanol–water partition coefficient (Wildman–Crippen LogP) is 3.90. The van der Waals surface area contributed by atoms with Crippen molar-refractivity contribution >= 4 is 23.2 Å². The summed E-state index contributed by atoms with van der Waals surface area (Å²) >= 11 is 11.7. The summed E-state index contributed by atoms with van der Waals surface area (Å²) in [6.07, 6.45) is 3.62. The summed E-state index contributed by atoms with van der Waals surface area (Å²) in [6, 6.07) is 3.15. The third-order valence-electron chi connectivity index (χ3n) is 3.91. The molecule has 1 saturated heterocycles. The van der Waals surface area contributed by atoms with Crippen LogP contribution in [0.3, 0.4) is 0 Å². The van der Waals surface area contributed by atoms with Crippen molar-refractivity contribution in [3.8, 4) is 5.75 Å². The van der Waals surface area contributed by atoms with Crippen molar-refractivity contribution in [1.82, 2.24) is 5.32 Å². The van der Waals surface area contributed by atoms with Gasteiger partial charge in [0.05, 0.1) is 5.02 Å². The molecule has 2 nitrogen and oxygen atoms in total. The first-order valence-corrected chi connectivity index (χ1v) is 7.43. The first-order valence-electron chi connectivity index (χ1n) is 6.67. The first kappa shape index (κ1) is 13.5. The summed E-state index contributed by atoms with van der Waals surface area (Å²) in [5.41, 5.74) is 0. The topological polar surface area (TPSA) is 21.3 Å². The van der Waals surface area contributed by atoms with Crippen LogP contribution in [0.15, 0.2) is 12.1 Å². The Labute approximate surface area is 122 Å². The number of hydrogen-bond acceptors (Lipinski definition) is 2. The molecule has 19 heavy (non-hydrogen) atoms. The molecule has 1 saturated carbocycles. The lowest BCUT2D eigenvalue weighted by atomic mass is 9.97. The van der Waals surface area contributed by atoms with Crippen LogP contribution in [-0.4, -0.2) is 19.2 Å². The molecule has 1 aromatic carbocycles. The molecule has 0 amide bonds. The van der Waals surface area contributed by atoms with Crippen LogP contribution in [-0.2, 0) is 0 Å². The minimum atomic E-state index is -0.597. The summed E-state index contributed by atoms with van der Waals surface area (Å²) in [5.74, 6) is 0.884. The first-order chi connectivity index (χ1) is 9.16. The second-order valence-electron chi connectivity index (χ2n) is 5.35. The van der Waals surface area contributed by atoms with Gasteiger partial charge >= 0.3 is 0 Å². The fourth-order valence-electron chi connectivity index (χ4n) is 2.71. The molecule has 2 aliphatic rings. The summed E-state index contributed by atoms with van der Waals surface area (Å²) in [4.78, 5) is 0. The molecule has 1 aliphatic carbocycles. The SMILES string of the molecule is Fc1c(Cl)ccc(O[C@@H](C2CC2)[C@H]2CCNC2)c1Cl. The van der Waals surface area contributed by atoms with Gasteiger partial charge in [0.15, 0.2) is 5.82 Å². The Bertz CT molecular complexity index is 473. The van der Waals surface area contributed by atoms with Crippen molar-refractivity contribution < 1.29 is 9.13 Å². The molecule has 0 radical (unpaired) electrons. The number of ether oxygens (including phenoxy) is 1. The van der Waals surface area contributed by atoms with Crippen LogP contribution in [0.4, 0.5) is 4.39 Å². The molecule has 0 spiro atoms. The smallest absolute Gasteiger partial charge is 0.164 e. The lowest BCUT2D eigenvalue weighted by molar-refractivity contribution is 0.120. The van der Waals surface area contributed by atoms with Gasteiger partial charge in [-0.05, 0) is 43.9 Å². The average Bonchev–Trinajstić information content (AvgIpc) is 3.10. The van der Waals surface area contributed by atoms with Crippen LogP contribution in [0.5, 0.6) is 5.75 Å². The number of hydrogen-bond donors (Lipinski definition) is 1. The summed E-state index contributed by atoms with van der Waals surface area (Å²) < 4.78 is 19.7. The zero-order valence-corrected chi connectivity index (χ0v) is 12.0. The highest BCUT2D eigenvalue weighted by molar-refractivity contribution is 6.35. The van der Waals surface area contributed by atoms with Crippen LogP contribution in [0.1, 0.15) is 19.3 Å². The Kier molecular flexibility index (Phi) is 3.88. The van der Waals surface area contributed by atoms with E-state index in [-0.39, 0.29) is 16.1 Å². The van der Waals surface area contributed by atoms with E-state index in [2.05, 4.69) is 5.32 Å². The van der Waals surface area contributed by atoms with Gasteiger partial charge in [0.2, 0.25) is 0 Å². The highest BCUT2D eigenvalue weighted by Crippen LogP contribution is 2.41. The summed E-state index contributed by atoms with van der Waals surface area (Å²) in [6.45, 7) is 1.99. The van der Waals surface area contributed by atoms with Crippen LogP contribution < -0.4 is 10.1 Å².